The molecule has 1 aromatic heterocycles. The van der Waals surface area contributed by atoms with Crippen molar-refractivity contribution in [2.75, 3.05) is 5.73 Å². The molecule has 0 saturated carbocycles. The minimum atomic E-state index is -0.239. The van der Waals surface area contributed by atoms with Crippen LogP contribution in [-0.4, -0.2) is 12.1 Å². The Bertz CT molecular complexity index is 573. The van der Waals surface area contributed by atoms with Crippen molar-refractivity contribution in [3.8, 4) is 11.3 Å². The molecule has 0 fully saturated rings. The lowest BCUT2D eigenvalue weighted by Gasteiger charge is -1.93. The van der Waals surface area contributed by atoms with E-state index in [2.05, 4.69) is 10.5 Å². The molecule has 0 aliphatic carbocycles. The lowest BCUT2D eigenvalue weighted by molar-refractivity contribution is -0.118. The molecule has 18 heavy (non-hydrogen) atoms. The van der Waals surface area contributed by atoms with E-state index >= 15 is 0 Å². The van der Waals surface area contributed by atoms with Crippen LogP contribution in [0.1, 0.15) is 12.5 Å². The maximum Gasteiger partial charge on any atom is 0.236 e. The molecule has 0 aliphatic rings. The Hall–Kier alpha value is -2.56. The van der Waals surface area contributed by atoms with Gasteiger partial charge in [-0.05, 0) is 6.07 Å². The zero-order valence-corrected chi connectivity index (χ0v) is 9.88. The number of amides is 1. The van der Waals surface area contributed by atoms with E-state index in [1.807, 2.05) is 30.3 Å². The third kappa shape index (κ3) is 2.76. The lowest BCUT2D eigenvalue weighted by atomic mass is 10.1. The van der Waals surface area contributed by atoms with E-state index in [1.165, 1.54) is 13.1 Å². The first-order chi connectivity index (χ1) is 8.66. The number of rotatable bonds is 3. The van der Waals surface area contributed by atoms with Crippen LogP contribution in [0.4, 0.5) is 5.88 Å². The van der Waals surface area contributed by atoms with E-state index in [-0.39, 0.29) is 11.8 Å². The van der Waals surface area contributed by atoms with Crippen molar-refractivity contribution in [3.05, 3.63) is 42.0 Å². The van der Waals surface area contributed by atoms with Gasteiger partial charge < -0.3 is 10.2 Å². The molecule has 0 atom stereocenters. The number of nitrogen functional groups attached to an aromatic ring is 1. The van der Waals surface area contributed by atoms with Gasteiger partial charge in [0.2, 0.25) is 5.91 Å². The Labute approximate surface area is 104 Å². The molecule has 5 heteroatoms. The summed E-state index contributed by atoms with van der Waals surface area (Å²) in [4.78, 5) is 10.7. The van der Waals surface area contributed by atoms with Crippen LogP contribution in [0.25, 0.3) is 11.3 Å². The van der Waals surface area contributed by atoms with Crippen molar-refractivity contribution in [2.24, 2.45) is 5.10 Å². The third-order valence-electron chi connectivity index (χ3n) is 2.27. The molecule has 1 heterocycles. The second kappa shape index (κ2) is 5.18. The molecule has 0 unspecified atom stereocenters. The second-order valence-electron chi connectivity index (χ2n) is 3.72. The minimum absolute atomic E-state index is 0.239. The fourth-order valence-corrected chi connectivity index (χ4v) is 1.46. The van der Waals surface area contributed by atoms with Gasteiger partial charge in [-0.3, -0.25) is 4.79 Å². The highest BCUT2D eigenvalue weighted by atomic mass is 16.4. The molecule has 1 aromatic carbocycles. The fraction of sp³-hybridized carbons (Fsp3) is 0.0769. The number of hydrogen-bond acceptors (Lipinski definition) is 4. The maximum atomic E-state index is 10.7. The zero-order chi connectivity index (χ0) is 13.0. The quantitative estimate of drug-likeness (QED) is 0.639. The molecule has 0 aliphatic heterocycles. The summed E-state index contributed by atoms with van der Waals surface area (Å²) in [6.45, 7) is 1.38. The number of nitrogens with zero attached hydrogens (tertiary/aromatic N) is 1. The molecule has 0 radical (unpaired) electrons. The number of nitrogens with two attached hydrogens (primary N) is 1. The first-order valence-electron chi connectivity index (χ1n) is 5.41. The molecule has 92 valence electrons. The number of benzene rings is 1. The Morgan fingerprint density at radius 1 is 1.39 bits per heavy atom. The molecule has 2 rings (SSSR count). The Kier molecular flexibility index (Phi) is 3.43. The molecular formula is C13H13N3O2. The summed E-state index contributed by atoms with van der Waals surface area (Å²) in [6.07, 6.45) is 1.45. The van der Waals surface area contributed by atoms with E-state index in [1.54, 1.807) is 6.07 Å². The van der Waals surface area contributed by atoms with Crippen LogP contribution in [0.2, 0.25) is 0 Å². The summed E-state index contributed by atoms with van der Waals surface area (Å²) in [5, 5.41) is 3.74. The van der Waals surface area contributed by atoms with Crippen LogP contribution in [-0.2, 0) is 4.79 Å². The molecular weight excluding hydrogens is 230 g/mol. The zero-order valence-electron chi connectivity index (χ0n) is 9.88. The Balaban J connectivity index is 2.22. The average molecular weight is 243 g/mol. The number of nitrogens with one attached hydrogen (secondary N) is 1. The standard InChI is InChI=1S/C13H13N3O2/c1-9(17)16-15-8-11-7-12(18-13(11)14)10-5-3-2-4-6-10/h2-8H,14H2,1H3,(H,16,17)/b15-8+. The largest absolute Gasteiger partial charge is 0.440 e. The number of carbonyl (C=O) groups excluding carboxylic acids is 1. The van der Waals surface area contributed by atoms with Crippen LogP contribution in [0.15, 0.2) is 45.9 Å². The smallest absolute Gasteiger partial charge is 0.236 e. The van der Waals surface area contributed by atoms with Gasteiger partial charge in [0, 0.05) is 12.5 Å². The topological polar surface area (TPSA) is 80.6 Å². The summed E-state index contributed by atoms with van der Waals surface area (Å²) >= 11 is 0. The first-order valence-corrected chi connectivity index (χ1v) is 5.41. The van der Waals surface area contributed by atoms with Gasteiger partial charge in [-0.25, -0.2) is 5.43 Å². The molecule has 2 aromatic rings. The van der Waals surface area contributed by atoms with Crippen molar-refractivity contribution in [1.82, 2.24) is 5.43 Å². The van der Waals surface area contributed by atoms with Gasteiger partial charge in [-0.15, -0.1) is 0 Å². The van der Waals surface area contributed by atoms with Crippen molar-refractivity contribution in [2.45, 2.75) is 6.92 Å². The summed E-state index contributed by atoms with van der Waals surface area (Å²) in [5.74, 6) is 0.692. The highest BCUT2D eigenvalue weighted by Crippen LogP contribution is 2.25. The van der Waals surface area contributed by atoms with E-state index in [9.17, 15) is 4.79 Å². The van der Waals surface area contributed by atoms with Crippen LogP contribution in [0.5, 0.6) is 0 Å². The number of hydrogen-bond donors (Lipinski definition) is 2. The van der Waals surface area contributed by atoms with E-state index < -0.39 is 0 Å². The highest BCUT2D eigenvalue weighted by molar-refractivity contribution is 5.88. The Morgan fingerprint density at radius 2 is 2.11 bits per heavy atom. The summed E-state index contributed by atoms with van der Waals surface area (Å²) in [7, 11) is 0. The SMILES string of the molecule is CC(=O)N/N=C/c1cc(-c2ccccc2)oc1N. The van der Waals surface area contributed by atoms with Gasteiger partial charge in [0.25, 0.3) is 0 Å². The fourth-order valence-electron chi connectivity index (χ4n) is 1.46. The van der Waals surface area contributed by atoms with Gasteiger partial charge in [0.05, 0.1) is 11.8 Å². The van der Waals surface area contributed by atoms with Crippen LogP contribution in [0, 0.1) is 0 Å². The molecule has 0 saturated heterocycles. The summed E-state index contributed by atoms with van der Waals surface area (Å²) in [5.41, 5.74) is 9.59. The van der Waals surface area contributed by atoms with E-state index in [0.29, 0.717) is 11.3 Å². The Morgan fingerprint density at radius 3 is 2.78 bits per heavy atom. The van der Waals surface area contributed by atoms with Crippen LogP contribution in [0.3, 0.4) is 0 Å². The number of hydrazone groups is 1. The minimum Gasteiger partial charge on any atom is -0.440 e. The average Bonchev–Trinajstić information content (AvgIpc) is 2.72. The van der Waals surface area contributed by atoms with Crippen LogP contribution >= 0.6 is 0 Å². The highest BCUT2D eigenvalue weighted by Gasteiger charge is 2.07. The van der Waals surface area contributed by atoms with Crippen LogP contribution < -0.4 is 11.2 Å². The molecule has 3 N–H and O–H groups in total. The first kappa shape index (κ1) is 11.9. The van der Waals surface area contributed by atoms with Gasteiger partial charge in [-0.2, -0.15) is 5.10 Å². The number of furan rings is 1. The van der Waals surface area contributed by atoms with Crippen molar-refractivity contribution >= 4 is 18.0 Å². The maximum absolute atomic E-state index is 10.7. The van der Waals surface area contributed by atoms with Gasteiger partial charge in [0.15, 0.2) is 5.88 Å². The second-order valence-corrected chi connectivity index (χ2v) is 3.72. The molecule has 0 spiro atoms. The molecule has 5 nitrogen and oxygen atoms in total. The van der Waals surface area contributed by atoms with Crippen molar-refractivity contribution < 1.29 is 9.21 Å². The number of carbonyl (C=O) groups is 1. The lowest BCUT2D eigenvalue weighted by Crippen LogP contribution is -2.12. The van der Waals surface area contributed by atoms with Crippen molar-refractivity contribution in [3.63, 3.8) is 0 Å². The predicted octanol–water partition coefficient (Wildman–Crippen LogP) is 2.00. The van der Waals surface area contributed by atoms with Crippen molar-refractivity contribution in [1.29, 1.82) is 0 Å². The molecule has 0 bridgehead atoms. The number of anilines is 1. The summed E-state index contributed by atoms with van der Waals surface area (Å²) < 4.78 is 5.43. The monoisotopic (exact) mass is 243 g/mol. The van der Waals surface area contributed by atoms with Gasteiger partial charge in [0.1, 0.15) is 5.76 Å². The molecule has 1 amide bonds. The third-order valence-corrected chi connectivity index (χ3v) is 2.27. The van der Waals surface area contributed by atoms with E-state index in [0.717, 1.165) is 5.56 Å². The summed E-state index contributed by atoms with van der Waals surface area (Å²) in [6, 6.07) is 11.4. The van der Waals surface area contributed by atoms with Gasteiger partial charge in [-0.1, -0.05) is 30.3 Å². The predicted molar refractivity (Wildman–Crippen MR) is 70.0 cm³/mol. The van der Waals surface area contributed by atoms with E-state index in [4.69, 9.17) is 10.2 Å². The van der Waals surface area contributed by atoms with Gasteiger partial charge >= 0.3 is 0 Å². The normalized spacial score (nSPS) is 10.7.